The van der Waals surface area contributed by atoms with E-state index in [0.29, 0.717) is 18.1 Å². The van der Waals surface area contributed by atoms with E-state index in [4.69, 9.17) is 37.6 Å². The molecular weight excluding hydrogens is 803 g/mol. The maximum Gasteiger partial charge on any atom is 0.413 e. The van der Waals surface area contributed by atoms with Crippen LogP contribution in [0.2, 0.25) is 18.1 Å². The Labute approximate surface area is 331 Å². The lowest BCUT2D eigenvalue weighted by atomic mass is 10.2. The number of ether oxygens (including phenoxy) is 7. The Balaban J connectivity index is 1.03. The van der Waals surface area contributed by atoms with Crippen LogP contribution in [0.25, 0.3) is 0 Å². The Morgan fingerprint density at radius 2 is 1.30 bits per heavy atom. The average Bonchev–Trinajstić information content (AvgIpc) is 3.81. The zero-order chi connectivity index (χ0) is 40.9. The second kappa shape index (κ2) is 21.4. The van der Waals surface area contributed by atoms with E-state index in [0.717, 1.165) is 21.5 Å². The number of amides is 2. The van der Waals surface area contributed by atoms with Crippen LogP contribution in [0.5, 0.6) is 0 Å². The van der Waals surface area contributed by atoms with Gasteiger partial charge in [-0.15, -0.1) is 23.5 Å². The summed E-state index contributed by atoms with van der Waals surface area (Å²) in [7, 11) is -1.99. The van der Waals surface area contributed by atoms with Gasteiger partial charge in [-0.25, -0.2) is 28.0 Å². The summed E-state index contributed by atoms with van der Waals surface area (Å²) in [6.45, 7) is 15.3. The molecule has 4 heterocycles. The number of hydrogen-bond acceptors (Lipinski definition) is 16. The summed E-state index contributed by atoms with van der Waals surface area (Å²) in [4.78, 5) is 56.1. The molecular formula is C33H48F2N6O12S2Si. The van der Waals surface area contributed by atoms with Crippen LogP contribution < -0.4 is 22.0 Å². The molecule has 0 unspecified atom stereocenters. The van der Waals surface area contributed by atoms with E-state index in [1.54, 1.807) is 0 Å². The molecule has 4 rings (SSSR count). The third kappa shape index (κ3) is 13.6. The summed E-state index contributed by atoms with van der Waals surface area (Å²) in [5.41, 5.74) is -2.35. The predicted octanol–water partition coefficient (Wildman–Crippen LogP) is 4.31. The molecule has 23 heteroatoms. The molecule has 2 aromatic heterocycles. The molecule has 0 saturated carbocycles. The summed E-state index contributed by atoms with van der Waals surface area (Å²) >= 11 is 2.84. The minimum atomic E-state index is -1.99. The lowest BCUT2D eigenvalue weighted by Crippen LogP contribution is -2.42. The van der Waals surface area contributed by atoms with Crippen LogP contribution in [0.1, 0.15) is 33.2 Å². The molecule has 2 fully saturated rings. The fraction of sp³-hybridized carbons (Fsp3) is 0.636. The van der Waals surface area contributed by atoms with Gasteiger partial charge < -0.3 is 37.6 Å². The fourth-order valence-corrected chi connectivity index (χ4v) is 7.67. The number of halogens is 2. The molecule has 2 amide bonds. The third-order valence-corrected chi connectivity index (χ3v) is 15.2. The first-order valence-electron chi connectivity index (χ1n) is 17.5. The zero-order valence-corrected chi connectivity index (χ0v) is 34.4. The second-order valence-corrected chi connectivity index (χ2v) is 20.8. The van der Waals surface area contributed by atoms with Crippen molar-refractivity contribution in [3.63, 3.8) is 0 Å². The molecule has 2 N–H and O–H groups in total. The molecule has 56 heavy (non-hydrogen) atoms. The van der Waals surface area contributed by atoms with Crippen molar-refractivity contribution in [2.75, 3.05) is 81.6 Å². The minimum Gasteiger partial charge on any atom is -0.447 e. The summed E-state index contributed by atoms with van der Waals surface area (Å²) < 4.78 is 75.3. The molecule has 0 bridgehead atoms. The van der Waals surface area contributed by atoms with Gasteiger partial charge in [-0.05, 0) is 18.1 Å². The number of anilines is 2. The van der Waals surface area contributed by atoms with Gasteiger partial charge in [-0.1, -0.05) is 33.4 Å². The standard InChI is InChI=1S/C33H48F2N6O12S2Si/c1-7-8-49-31(44)38-27-21(34)15-40(29(42)36-27)23-19-54-25(52-23)17-48-12-11-46-9-10-47-13-14-50-32(45)39-28-22(35)16-41(30(43)37-28)24-20-55-26(53-24)18-51-56(5,6)33(2,3)4/h7,15-16,23-26H,1,8-14,17-20H2,2-6H3,(H,36,38,42,44)(H,37,39,43,45)/t23-,24-,25+,26+/m0/s1. The van der Waals surface area contributed by atoms with Crippen LogP contribution in [0.4, 0.5) is 30.0 Å². The number of nitrogens with zero attached hydrogens (tertiary/aromatic N) is 4. The summed E-state index contributed by atoms with van der Waals surface area (Å²) in [5.74, 6) is -2.25. The van der Waals surface area contributed by atoms with Gasteiger partial charge in [0.2, 0.25) is 0 Å². The molecule has 2 aromatic rings. The van der Waals surface area contributed by atoms with E-state index >= 15 is 0 Å². The van der Waals surface area contributed by atoms with E-state index in [1.807, 2.05) is 0 Å². The van der Waals surface area contributed by atoms with Gasteiger partial charge in [0, 0.05) is 11.5 Å². The SMILES string of the molecule is C=CCOC(=O)Nc1nc(=O)n([C@@H]2CS[C@H](COCCOCCOCCOC(=O)Nc3nc(=O)n([C@@H]4CS[C@H](CO[Si](C)(C)C(C)(C)C)O4)cc3F)O2)cc1F. The molecule has 2 aliphatic rings. The Hall–Kier alpha value is -3.42. The highest BCUT2D eigenvalue weighted by Crippen LogP contribution is 2.38. The number of hydrogen-bond donors (Lipinski definition) is 2. The average molecular weight is 851 g/mol. The number of carbonyl (C=O) groups excluding carboxylic acids is 2. The topological polar surface area (TPSA) is 202 Å². The number of nitrogens with one attached hydrogen (secondary N) is 2. The fourth-order valence-electron chi connectivity index (χ4n) is 4.54. The number of aromatic nitrogens is 4. The van der Waals surface area contributed by atoms with Crippen molar-refractivity contribution in [2.24, 2.45) is 0 Å². The Morgan fingerprint density at radius 1 is 0.839 bits per heavy atom. The van der Waals surface area contributed by atoms with Crippen molar-refractivity contribution in [1.82, 2.24) is 19.1 Å². The first kappa shape index (κ1) is 45.3. The van der Waals surface area contributed by atoms with Crippen molar-refractivity contribution in [2.45, 2.75) is 62.2 Å². The maximum atomic E-state index is 14.8. The lowest BCUT2D eigenvalue weighted by Gasteiger charge is -2.36. The molecule has 2 saturated heterocycles. The van der Waals surface area contributed by atoms with E-state index in [1.165, 1.54) is 29.6 Å². The van der Waals surface area contributed by atoms with Crippen LogP contribution in [-0.2, 0) is 37.6 Å². The van der Waals surface area contributed by atoms with Crippen LogP contribution in [0.3, 0.4) is 0 Å². The largest absolute Gasteiger partial charge is 0.447 e. The maximum absolute atomic E-state index is 14.8. The smallest absolute Gasteiger partial charge is 0.413 e. The molecule has 0 aliphatic carbocycles. The highest BCUT2D eigenvalue weighted by Gasteiger charge is 2.39. The van der Waals surface area contributed by atoms with E-state index in [2.05, 4.69) is 61.0 Å². The molecule has 18 nitrogen and oxygen atoms in total. The van der Waals surface area contributed by atoms with Gasteiger partial charge in [0.15, 0.2) is 31.6 Å². The van der Waals surface area contributed by atoms with Gasteiger partial charge in [-0.3, -0.25) is 19.8 Å². The number of thioether (sulfide) groups is 2. The van der Waals surface area contributed by atoms with E-state index in [9.17, 15) is 28.0 Å². The molecule has 2 aliphatic heterocycles. The summed E-state index contributed by atoms with van der Waals surface area (Å²) in [6.07, 6.45) is -0.336. The van der Waals surface area contributed by atoms with Gasteiger partial charge in [-0.2, -0.15) is 9.97 Å². The van der Waals surface area contributed by atoms with Crippen molar-refractivity contribution in [3.05, 3.63) is 57.7 Å². The zero-order valence-electron chi connectivity index (χ0n) is 31.8. The van der Waals surface area contributed by atoms with Crippen LogP contribution in [-0.4, -0.2) is 121 Å². The van der Waals surface area contributed by atoms with Crippen LogP contribution in [0, 0.1) is 11.6 Å². The summed E-state index contributed by atoms with van der Waals surface area (Å²) in [6, 6.07) is 0. The molecule has 4 atom stereocenters. The van der Waals surface area contributed by atoms with E-state index < -0.39 is 73.0 Å². The quantitative estimate of drug-likeness (QED) is 0.108. The second-order valence-electron chi connectivity index (χ2n) is 13.6. The first-order chi connectivity index (χ1) is 26.6. The normalized spacial score (nSPS) is 19.8. The Bertz CT molecular complexity index is 1770. The Morgan fingerprint density at radius 3 is 1.80 bits per heavy atom. The molecule has 0 spiro atoms. The van der Waals surface area contributed by atoms with Gasteiger partial charge in [0.1, 0.15) is 36.5 Å². The van der Waals surface area contributed by atoms with Crippen LogP contribution >= 0.6 is 23.5 Å². The monoisotopic (exact) mass is 850 g/mol. The highest BCUT2D eigenvalue weighted by atomic mass is 32.2. The predicted molar refractivity (Wildman–Crippen MR) is 205 cm³/mol. The third-order valence-electron chi connectivity index (χ3n) is 8.52. The molecule has 312 valence electrons. The van der Waals surface area contributed by atoms with Crippen molar-refractivity contribution in [1.29, 1.82) is 0 Å². The van der Waals surface area contributed by atoms with Crippen molar-refractivity contribution < 1.29 is 56.0 Å². The van der Waals surface area contributed by atoms with Crippen molar-refractivity contribution >= 4 is 55.7 Å². The number of rotatable bonds is 20. The van der Waals surface area contributed by atoms with Gasteiger partial charge in [0.05, 0.1) is 58.6 Å². The van der Waals surface area contributed by atoms with Crippen molar-refractivity contribution in [3.8, 4) is 0 Å². The lowest BCUT2D eigenvalue weighted by molar-refractivity contribution is -0.0391. The number of carbonyl (C=O) groups is 2. The Kier molecular flexibility index (Phi) is 17.3. The van der Waals surface area contributed by atoms with E-state index in [-0.39, 0.29) is 63.3 Å². The highest BCUT2D eigenvalue weighted by molar-refractivity contribution is 8.00. The van der Waals surface area contributed by atoms with Crippen LogP contribution in [0.15, 0.2) is 34.6 Å². The van der Waals surface area contributed by atoms with Gasteiger partial charge in [0.25, 0.3) is 0 Å². The summed E-state index contributed by atoms with van der Waals surface area (Å²) in [5, 5.41) is 4.22. The van der Waals surface area contributed by atoms with Gasteiger partial charge >= 0.3 is 23.6 Å². The minimum absolute atomic E-state index is 0.0310. The molecule has 0 radical (unpaired) electrons. The molecule has 0 aromatic carbocycles. The first-order valence-corrected chi connectivity index (χ1v) is 22.6.